The fourth-order valence-electron chi connectivity index (χ4n) is 4.64. The molecule has 2 amide bonds. The molecule has 0 radical (unpaired) electrons. The number of Topliss-reactive ketones (excluding diaryl/α,β-unsaturated/α-hetero) is 1. The van der Waals surface area contributed by atoms with Crippen LogP contribution in [0, 0.1) is 0 Å². The summed E-state index contributed by atoms with van der Waals surface area (Å²) < 4.78 is 11.6. The molecule has 0 fully saturated rings. The minimum Gasteiger partial charge on any atom is -0.495 e. The number of carbonyl (C=O) groups is 3. The van der Waals surface area contributed by atoms with E-state index in [9.17, 15) is 14.4 Å². The third-order valence-corrected chi connectivity index (χ3v) is 8.34. The largest absolute Gasteiger partial charge is 0.495 e. The highest BCUT2D eigenvalue weighted by Crippen LogP contribution is 2.39. The number of carbonyl (C=O) groups excluding carboxylic acids is 3. The fourth-order valence-corrected chi connectivity index (χ4v) is 4.64. The van der Waals surface area contributed by atoms with Crippen molar-refractivity contribution in [3.8, 4) is 11.5 Å². The van der Waals surface area contributed by atoms with Crippen LogP contribution >= 0.6 is 0 Å². The van der Waals surface area contributed by atoms with Crippen molar-refractivity contribution in [2.75, 3.05) is 17.7 Å². The second-order valence-electron chi connectivity index (χ2n) is 12.1. The van der Waals surface area contributed by atoms with Crippen LogP contribution in [0.15, 0.2) is 66.7 Å². The van der Waals surface area contributed by atoms with Gasteiger partial charge in [-0.1, -0.05) is 84.9 Å². The molecule has 3 aromatic carbocycles. The molecular weight excluding hydrogens is 540 g/mol. The predicted octanol–water partition coefficient (Wildman–Crippen LogP) is 8.08. The van der Waals surface area contributed by atoms with E-state index >= 15 is 0 Å². The Morgan fingerprint density at radius 3 is 2.14 bits per heavy atom. The number of rotatable bonds is 14. The summed E-state index contributed by atoms with van der Waals surface area (Å²) in [6, 6.07) is 19.9. The first-order chi connectivity index (χ1) is 20.3. The van der Waals surface area contributed by atoms with Gasteiger partial charge in [-0.05, 0) is 66.0 Å². The van der Waals surface area contributed by atoms with E-state index in [0.29, 0.717) is 34.9 Å². The van der Waals surface area contributed by atoms with Gasteiger partial charge in [0.25, 0.3) is 5.91 Å². The molecule has 0 aromatic heterocycles. The minimum absolute atomic E-state index is 0.0240. The summed E-state index contributed by atoms with van der Waals surface area (Å²) in [5.74, 6) is 0.0800. The van der Waals surface area contributed by atoms with E-state index in [-0.39, 0.29) is 28.9 Å². The molecule has 0 bridgehead atoms. The lowest BCUT2D eigenvalue weighted by atomic mass is 9.76. The monoisotopic (exact) mass is 586 g/mol. The van der Waals surface area contributed by atoms with E-state index in [1.807, 2.05) is 13.0 Å². The molecule has 0 aliphatic carbocycles. The van der Waals surface area contributed by atoms with Crippen molar-refractivity contribution in [2.45, 2.75) is 91.1 Å². The van der Waals surface area contributed by atoms with Gasteiger partial charge >= 0.3 is 0 Å². The fraction of sp³-hybridized carbons (Fsp3) is 0.417. The van der Waals surface area contributed by atoms with Crippen LogP contribution in [0.3, 0.4) is 0 Å². The summed E-state index contributed by atoms with van der Waals surface area (Å²) in [7, 11) is 1.51. The van der Waals surface area contributed by atoms with E-state index < -0.39 is 12.0 Å². The summed E-state index contributed by atoms with van der Waals surface area (Å²) in [5, 5.41) is 5.62. The first kappa shape index (κ1) is 33.4. The third kappa shape index (κ3) is 8.46. The van der Waals surface area contributed by atoms with Gasteiger partial charge in [0.15, 0.2) is 11.9 Å². The van der Waals surface area contributed by atoms with Crippen molar-refractivity contribution in [3.05, 3.63) is 83.4 Å². The summed E-state index contributed by atoms with van der Waals surface area (Å²) in [4.78, 5) is 38.9. The first-order valence-corrected chi connectivity index (χ1v) is 15.0. The van der Waals surface area contributed by atoms with Gasteiger partial charge in [-0.15, -0.1) is 0 Å². The molecule has 0 saturated carbocycles. The molecule has 0 spiro atoms. The zero-order valence-electron chi connectivity index (χ0n) is 26.8. The highest BCUT2D eigenvalue weighted by molar-refractivity contribution is 6.11. The van der Waals surface area contributed by atoms with Crippen LogP contribution in [0.2, 0.25) is 0 Å². The highest BCUT2D eigenvalue weighted by atomic mass is 16.5. The summed E-state index contributed by atoms with van der Waals surface area (Å²) in [6.45, 7) is 15.1. The number of para-hydroxylation sites is 2. The second kappa shape index (κ2) is 14.4. The van der Waals surface area contributed by atoms with E-state index in [2.05, 4.69) is 64.3 Å². The van der Waals surface area contributed by atoms with Gasteiger partial charge in [-0.2, -0.15) is 0 Å². The van der Waals surface area contributed by atoms with Crippen LogP contribution in [0.1, 0.15) is 95.6 Å². The van der Waals surface area contributed by atoms with Crippen molar-refractivity contribution >= 4 is 29.0 Å². The Bertz CT molecular complexity index is 1440. The number of ether oxygens (including phenoxy) is 2. The zero-order valence-corrected chi connectivity index (χ0v) is 26.8. The molecule has 230 valence electrons. The minimum atomic E-state index is -0.734. The van der Waals surface area contributed by atoms with Gasteiger partial charge in [0.05, 0.1) is 19.2 Å². The zero-order chi connectivity index (χ0) is 31.8. The van der Waals surface area contributed by atoms with Crippen molar-refractivity contribution < 1.29 is 23.9 Å². The molecule has 2 N–H and O–H groups in total. The van der Waals surface area contributed by atoms with E-state index in [0.717, 1.165) is 18.4 Å². The van der Waals surface area contributed by atoms with Crippen molar-refractivity contribution in [1.82, 2.24) is 0 Å². The van der Waals surface area contributed by atoms with Gasteiger partial charge in [0.2, 0.25) is 5.91 Å². The lowest BCUT2D eigenvalue weighted by Crippen LogP contribution is -2.33. The lowest BCUT2D eigenvalue weighted by molar-refractivity contribution is -0.123. The first-order valence-electron chi connectivity index (χ1n) is 15.0. The standard InChI is InChI=1S/C36H46N2O5/c1-9-30(43-31-20-19-25(35(4,5)10-2)22-27(31)36(6,7)11-3)34(41)37-26-16-14-15-24(21-26)29(39)23-33(40)38-28-17-12-13-18-32(28)42-8/h12-22,30H,9-11,23H2,1-8H3,(H,37,41)(H,38,40). The van der Waals surface area contributed by atoms with Crippen LogP contribution in [-0.2, 0) is 20.4 Å². The highest BCUT2D eigenvalue weighted by Gasteiger charge is 2.29. The molecule has 3 aromatic rings. The van der Waals surface area contributed by atoms with Crippen LogP contribution in [0.5, 0.6) is 11.5 Å². The Morgan fingerprint density at radius 2 is 1.49 bits per heavy atom. The van der Waals surface area contributed by atoms with Crippen molar-refractivity contribution in [3.63, 3.8) is 0 Å². The number of nitrogens with one attached hydrogen (secondary N) is 2. The second-order valence-corrected chi connectivity index (χ2v) is 12.1. The Labute approximate surface area is 256 Å². The number of hydrogen-bond acceptors (Lipinski definition) is 5. The van der Waals surface area contributed by atoms with Crippen molar-refractivity contribution in [2.24, 2.45) is 0 Å². The summed E-state index contributed by atoms with van der Waals surface area (Å²) in [6.07, 6.45) is 1.30. The average Bonchev–Trinajstić information content (AvgIpc) is 2.99. The smallest absolute Gasteiger partial charge is 0.265 e. The van der Waals surface area contributed by atoms with Crippen molar-refractivity contribution in [1.29, 1.82) is 0 Å². The van der Waals surface area contributed by atoms with E-state index in [1.165, 1.54) is 12.7 Å². The average molecular weight is 587 g/mol. The Morgan fingerprint density at radius 1 is 0.791 bits per heavy atom. The van der Waals surface area contributed by atoms with Gasteiger partial charge in [0.1, 0.15) is 11.5 Å². The predicted molar refractivity (Wildman–Crippen MR) is 173 cm³/mol. The van der Waals surface area contributed by atoms with Gasteiger partial charge < -0.3 is 20.1 Å². The molecule has 0 heterocycles. The van der Waals surface area contributed by atoms with Gasteiger partial charge in [0, 0.05) is 16.8 Å². The maximum Gasteiger partial charge on any atom is 0.265 e. The molecule has 7 nitrogen and oxygen atoms in total. The quantitative estimate of drug-likeness (QED) is 0.147. The summed E-state index contributed by atoms with van der Waals surface area (Å²) >= 11 is 0. The van der Waals surface area contributed by atoms with E-state index in [4.69, 9.17) is 9.47 Å². The number of hydrogen-bond donors (Lipinski definition) is 2. The van der Waals surface area contributed by atoms with Crippen LogP contribution in [-0.4, -0.2) is 30.8 Å². The molecule has 0 aliphatic rings. The molecule has 3 rings (SSSR count). The molecule has 1 atom stereocenters. The number of methoxy groups -OCH3 is 1. The molecule has 7 heteroatoms. The van der Waals surface area contributed by atoms with E-state index in [1.54, 1.807) is 48.5 Å². The van der Waals surface area contributed by atoms with Gasteiger partial charge in [-0.3, -0.25) is 14.4 Å². The maximum atomic E-state index is 13.4. The normalized spacial score (nSPS) is 12.3. The third-order valence-electron chi connectivity index (χ3n) is 8.34. The number of amides is 2. The molecule has 0 aliphatic heterocycles. The molecular formula is C36H46N2O5. The Kier molecular flexibility index (Phi) is 11.1. The Hall–Kier alpha value is -4.13. The van der Waals surface area contributed by atoms with Crippen LogP contribution in [0.25, 0.3) is 0 Å². The number of ketones is 1. The number of anilines is 2. The molecule has 0 saturated heterocycles. The topological polar surface area (TPSA) is 93.7 Å². The van der Waals surface area contributed by atoms with Crippen LogP contribution < -0.4 is 20.1 Å². The SMILES string of the molecule is CCC(Oc1ccc(C(C)(C)CC)cc1C(C)(C)CC)C(=O)Nc1cccc(C(=O)CC(=O)Nc2ccccc2OC)c1. The van der Waals surface area contributed by atoms with Crippen LogP contribution in [0.4, 0.5) is 11.4 Å². The van der Waals surface area contributed by atoms with Gasteiger partial charge in [-0.25, -0.2) is 0 Å². The summed E-state index contributed by atoms with van der Waals surface area (Å²) in [5.41, 5.74) is 3.48. The number of benzene rings is 3. The Balaban J connectivity index is 1.74. The maximum absolute atomic E-state index is 13.4. The lowest BCUT2D eigenvalue weighted by Gasteiger charge is -2.31. The molecule has 1 unspecified atom stereocenters. The molecule has 43 heavy (non-hydrogen) atoms.